The molecule has 1 saturated carbocycles. The van der Waals surface area contributed by atoms with Gasteiger partial charge in [0.25, 0.3) is 5.91 Å². The van der Waals surface area contributed by atoms with Crippen LogP contribution in [0.1, 0.15) is 23.3 Å². The van der Waals surface area contributed by atoms with Crippen LogP contribution in [-0.2, 0) is 4.74 Å². The molecule has 0 saturated heterocycles. The Morgan fingerprint density at radius 1 is 1.50 bits per heavy atom. The van der Waals surface area contributed by atoms with E-state index in [0.717, 1.165) is 12.8 Å². The molecule has 3 N–H and O–H groups in total. The number of amides is 1. The molecule has 6 nitrogen and oxygen atoms in total. The van der Waals surface area contributed by atoms with E-state index in [1.807, 2.05) is 0 Å². The van der Waals surface area contributed by atoms with Gasteiger partial charge in [0.15, 0.2) is 5.69 Å². The fourth-order valence-corrected chi connectivity index (χ4v) is 1.60. The molecule has 0 unspecified atom stereocenters. The number of hydrogen-bond donors (Lipinski definition) is 2. The predicted molar refractivity (Wildman–Crippen MR) is 57.7 cm³/mol. The molecule has 0 spiro atoms. The summed E-state index contributed by atoms with van der Waals surface area (Å²) in [4.78, 5) is 11.7. The Morgan fingerprint density at radius 3 is 2.81 bits per heavy atom. The third-order valence-electron chi connectivity index (χ3n) is 2.68. The Kier molecular flexibility index (Phi) is 3.00. The highest BCUT2D eigenvalue weighted by Crippen LogP contribution is 2.22. The van der Waals surface area contributed by atoms with E-state index in [0.29, 0.717) is 5.82 Å². The number of nitrogens with zero attached hydrogens (tertiary/aromatic N) is 2. The molecule has 16 heavy (non-hydrogen) atoms. The molecule has 6 heteroatoms. The van der Waals surface area contributed by atoms with Crippen LogP contribution in [0.3, 0.4) is 0 Å². The van der Waals surface area contributed by atoms with Gasteiger partial charge in [0.05, 0.1) is 6.10 Å². The van der Waals surface area contributed by atoms with Crippen molar-refractivity contribution in [1.82, 2.24) is 15.5 Å². The molecule has 1 heterocycles. The summed E-state index contributed by atoms with van der Waals surface area (Å²) in [5.74, 6) is 0.0895. The van der Waals surface area contributed by atoms with Gasteiger partial charge in [-0.15, -0.1) is 10.2 Å². The summed E-state index contributed by atoms with van der Waals surface area (Å²) in [5.41, 5.74) is 5.67. The number of methoxy groups -OCH3 is 1. The molecule has 1 aliphatic rings. The molecule has 86 valence electrons. The summed E-state index contributed by atoms with van der Waals surface area (Å²) < 4.78 is 5.12. The van der Waals surface area contributed by atoms with Crippen LogP contribution in [-0.4, -0.2) is 35.4 Å². The van der Waals surface area contributed by atoms with Crippen molar-refractivity contribution in [2.75, 3.05) is 12.8 Å². The normalized spacial score (nSPS) is 23.6. The van der Waals surface area contributed by atoms with Crippen LogP contribution in [0, 0.1) is 0 Å². The van der Waals surface area contributed by atoms with Crippen LogP contribution < -0.4 is 11.1 Å². The van der Waals surface area contributed by atoms with Crippen molar-refractivity contribution in [3.63, 3.8) is 0 Å². The maximum absolute atomic E-state index is 11.7. The standard InChI is InChI=1S/C10H14N4O2/c1-16-7-4-6(5-7)12-10(15)8-2-3-9(11)14-13-8/h2-3,6-7H,4-5H2,1H3,(H2,11,14)(H,12,15). The molecule has 1 fully saturated rings. The molecule has 1 amide bonds. The molecule has 0 atom stereocenters. The zero-order valence-corrected chi connectivity index (χ0v) is 9.01. The highest BCUT2D eigenvalue weighted by molar-refractivity contribution is 5.92. The Hall–Kier alpha value is -1.69. The molecule has 1 aliphatic carbocycles. The number of carbonyl (C=O) groups excluding carboxylic acids is 1. The van der Waals surface area contributed by atoms with Crippen molar-refractivity contribution >= 4 is 11.7 Å². The van der Waals surface area contributed by atoms with E-state index in [9.17, 15) is 4.79 Å². The highest BCUT2D eigenvalue weighted by Gasteiger charge is 2.30. The Labute approximate surface area is 93.2 Å². The first-order valence-corrected chi connectivity index (χ1v) is 5.12. The van der Waals surface area contributed by atoms with Crippen molar-refractivity contribution in [2.45, 2.75) is 25.0 Å². The first-order valence-electron chi connectivity index (χ1n) is 5.12. The lowest BCUT2D eigenvalue weighted by Crippen LogP contribution is -2.47. The lowest BCUT2D eigenvalue weighted by Gasteiger charge is -2.34. The molecular formula is C10H14N4O2. The average molecular weight is 222 g/mol. The number of aromatic nitrogens is 2. The number of hydrogen-bond acceptors (Lipinski definition) is 5. The molecule has 0 aromatic carbocycles. The second kappa shape index (κ2) is 4.44. The second-order valence-electron chi connectivity index (χ2n) is 3.84. The van der Waals surface area contributed by atoms with E-state index in [-0.39, 0.29) is 23.7 Å². The van der Waals surface area contributed by atoms with Crippen molar-refractivity contribution < 1.29 is 9.53 Å². The van der Waals surface area contributed by atoms with Gasteiger partial charge in [-0.3, -0.25) is 4.79 Å². The summed E-state index contributed by atoms with van der Waals surface area (Å²) in [7, 11) is 1.67. The molecule has 0 bridgehead atoms. The maximum Gasteiger partial charge on any atom is 0.272 e. The van der Waals surface area contributed by atoms with Gasteiger partial charge in [0.1, 0.15) is 5.82 Å². The highest BCUT2D eigenvalue weighted by atomic mass is 16.5. The lowest BCUT2D eigenvalue weighted by atomic mass is 9.89. The van der Waals surface area contributed by atoms with Crippen molar-refractivity contribution in [2.24, 2.45) is 0 Å². The fraction of sp³-hybridized carbons (Fsp3) is 0.500. The summed E-state index contributed by atoms with van der Waals surface area (Å²) in [6.45, 7) is 0. The first kappa shape index (κ1) is 10.8. The van der Waals surface area contributed by atoms with Crippen LogP contribution in [0.5, 0.6) is 0 Å². The van der Waals surface area contributed by atoms with Crippen molar-refractivity contribution in [3.05, 3.63) is 17.8 Å². The number of nitrogen functional groups attached to an aromatic ring is 1. The van der Waals surface area contributed by atoms with Crippen LogP contribution in [0.15, 0.2) is 12.1 Å². The Balaban J connectivity index is 1.87. The van der Waals surface area contributed by atoms with Crippen molar-refractivity contribution in [1.29, 1.82) is 0 Å². The summed E-state index contributed by atoms with van der Waals surface area (Å²) in [5, 5.41) is 10.2. The van der Waals surface area contributed by atoms with Crippen LogP contribution >= 0.6 is 0 Å². The van der Waals surface area contributed by atoms with E-state index < -0.39 is 0 Å². The lowest BCUT2D eigenvalue weighted by molar-refractivity contribution is 0.0175. The fourth-order valence-electron chi connectivity index (χ4n) is 1.60. The van der Waals surface area contributed by atoms with Gasteiger partial charge >= 0.3 is 0 Å². The average Bonchev–Trinajstić information content (AvgIpc) is 2.23. The SMILES string of the molecule is COC1CC(NC(=O)c2ccc(N)nn2)C1. The van der Waals surface area contributed by atoms with Crippen LogP contribution in [0.2, 0.25) is 0 Å². The summed E-state index contributed by atoms with van der Waals surface area (Å²) in [6.07, 6.45) is 1.97. The van der Waals surface area contributed by atoms with Gasteiger partial charge in [-0.2, -0.15) is 0 Å². The molecule has 0 aliphatic heterocycles. The van der Waals surface area contributed by atoms with E-state index >= 15 is 0 Å². The number of nitrogens with two attached hydrogens (primary N) is 1. The number of carbonyl (C=O) groups is 1. The smallest absolute Gasteiger partial charge is 0.272 e. The molecule has 1 aromatic rings. The van der Waals surface area contributed by atoms with Crippen LogP contribution in [0.25, 0.3) is 0 Å². The zero-order chi connectivity index (χ0) is 11.5. The molecule has 2 rings (SSSR count). The minimum atomic E-state index is -0.216. The van der Waals surface area contributed by atoms with Crippen LogP contribution in [0.4, 0.5) is 5.82 Å². The topological polar surface area (TPSA) is 90.1 Å². The first-order chi connectivity index (χ1) is 7.69. The molecular weight excluding hydrogens is 208 g/mol. The predicted octanol–water partition coefficient (Wildman–Crippen LogP) is -0.0340. The van der Waals surface area contributed by atoms with E-state index in [2.05, 4.69) is 15.5 Å². The van der Waals surface area contributed by atoms with Gasteiger partial charge in [0, 0.05) is 13.2 Å². The number of anilines is 1. The minimum Gasteiger partial charge on any atom is -0.382 e. The maximum atomic E-state index is 11.7. The second-order valence-corrected chi connectivity index (χ2v) is 3.84. The van der Waals surface area contributed by atoms with Gasteiger partial charge in [-0.05, 0) is 25.0 Å². The van der Waals surface area contributed by atoms with Crippen molar-refractivity contribution in [3.8, 4) is 0 Å². The van der Waals surface area contributed by atoms with E-state index in [1.165, 1.54) is 0 Å². The zero-order valence-electron chi connectivity index (χ0n) is 9.01. The minimum absolute atomic E-state index is 0.178. The number of nitrogens with one attached hydrogen (secondary N) is 1. The van der Waals surface area contributed by atoms with Gasteiger partial charge in [-0.25, -0.2) is 0 Å². The quantitative estimate of drug-likeness (QED) is 0.749. The summed E-state index contributed by atoms with van der Waals surface area (Å²) >= 11 is 0. The monoisotopic (exact) mass is 222 g/mol. The van der Waals surface area contributed by atoms with Gasteiger partial charge in [0.2, 0.25) is 0 Å². The molecule has 1 aromatic heterocycles. The third-order valence-corrected chi connectivity index (χ3v) is 2.68. The molecule has 0 radical (unpaired) electrons. The van der Waals surface area contributed by atoms with Gasteiger partial charge < -0.3 is 15.8 Å². The van der Waals surface area contributed by atoms with E-state index in [4.69, 9.17) is 10.5 Å². The number of ether oxygens (including phenoxy) is 1. The Bertz CT molecular complexity index is 373. The largest absolute Gasteiger partial charge is 0.382 e. The summed E-state index contributed by atoms with van der Waals surface area (Å²) in [6, 6.07) is 3.29. The Morgan fingerprint density at radius 2 is 2.25 bits per heavy atom. The van der Waals surface area contributed by atoms with E-state index in [1.54, 1.807) is 19.2 Å². The van der Waals surface area contributed by atoms with Gasteiger partial charge in [-0.1, -0.05) is 0 Å². The third kappa shape index (κ3) is 2.27. The number of rotatable bonds is 3.